The number of aromatic nitrogens is 1. The highest BCUT2D eigenvalue weighted by atomic mass is 15.2. The van der Waals surface area contributed by atoms with Gasteiger partial charge in [0.05, 0.1) is 0 Å². The second kappa shape index (κ2) is 4.58. The van der Waals surface area contributed by atoms with Crippen molar-refractivity contribution >= 4 is 16.5 Å². The number of anilines is 1. The molecule has 94 valence electrons. The molecule has 0 amide bonds. The molecular weight excluding hydrogens is 222 g/mol. The van der Waals surface area contributed by atoms with Gasteiger partial charge in [0.15, 0.2) is 0 Å². The van der Waals surface area contributed by atoms with Gasteiger partial charge in [0.25, 0.3) is 0 Å². The lowest BCUT2D eigenvalue weighted by Gasteiger charge is -2.38. The van der Waals surface area contributed by atoms with Gasteiger partial charge < -0.3 is 10.6 Å². The standard InChI is InChI=1S/C15H19N3/c1-11-9-13(16)6-8-18(11)15-4-2-3-12-10-17-7-5-14(12)15/h2-5,7,10-11,13H,6,8-9,16H2,1H3. The molecule has 1 aliphatic rings. The highest BCUT2D eigenvalue weighted by molar-refractivity contribution is 5.93. The molecule has 0 spiro atoms. The maximum absolute atomic E-state index is 6.04. The molecule has 3 nitrogen and oxygen atoms in total. The largest absolute Gasteiger partial charge is 0.368 e. The van der Waals surface area contributed by atoms with E-state index in [0.717, 1.165) is 19.4 Å². The Labute approximate surface area is 108 Å². The van der Waals surface area contributed by atoms with E-state index in [2.05, 4.69) is 41.1 Å². The molecule has 0 saturated carbocycles. The molecule has 1 saturated heterocycles. The number of nitrogens with zero attached hydrogens (tertiary/aromatic N) is 2. The van der Waals surface area contributed by atoms with E-state index in [1.165, 1.54) is 16.5 Å². The summed E-state index contributed by atoms with van der Waals surface area (Å²) in [6.45, 7) is 3.31. The van der Waals surface area contributed by atoms with Crippen LogP contribution in [0.15, 0.2) is 36.7 Å². The molecule has 0 radical (unpaired) electrons. The van der Waals surface area contributed by atoms with Crippen molar-refractivity contribution in [1.82, 2.24) is 4.98 Å². The summed E-state index contributed by atoms with van der Waals surface area (Å²) in [6.07, 6.45) is 5.94. The van der Waals surface area contributed by atoms with Crippen molar-refractivity contribution in [2.75, 3.05) is 11.4 Å². The van der Waals surface area contributed by atoms with Crippen LogP contribution in [0.5, 0.6) is 0 Å². The zero-order valence-electron chi connectivity index (χ0n) is 10.7. The minimum Gasteiger partial charge on any atom is -0.368 e. The second-order valence-corrected chi connectivity index (χ2v) is 5.20. The molecule has 1 fully saturated rings. The highest BCUT2D eigenvalue weighted by Gasteiger charge is 2.24. The first-order valence-corrected chi connectivity index (χ1v) is 6.60. The van der Waals surface area contributed by atoms with E-state index >= 15 is 0 Å². The Hall–Kier alpha value is -1.61. The molecule has 2 atom stereocenters. The van der Waals surface area contributed by atoms with Crippen LogP contribution in [-0.2, 0) is 0 Å². The fourth-order valence-corrected chi connectivity index (χ4v) is 2.92. The average molecular weight is 241 g/mol. The Morgan fingerprint density at radius 1 is 1.33 bits per heavy atom. The van der Waals surface area contributed by atoms with E-state index in [0.29, 0.717) is 12.1 Å². The lowest BCUT2D eigenvalue weighted by atomic mass is 9.97. The van der Waals surface area contributed by atoms with Gasteiger partial charge in [0, 0.05) is 47.5 Å². The van der Waals surface area contributed by atoms with E-state index in [1.54, 1.807) is 0 Å². The molecule has 0 aliphatic carbocycles. The summed E-state index contributed by atoms with van der Waals surface area (Å²) in [5.74, 6) is 0. The van der Waals surface area contributed by atoms with Gasteiger partial charge in [-0.3, -0.25) is 4.98 Å². The molecule has 1 aliphatic heterocycles. The van der Waals surface area contributed by atoms with Crippen LogP contribution in [0.2, 0.25) is 0 Å². The molecule has 0 bridgehead atoms. The van der Waals surface area contributed by atoms with Crippen molar-refractivity contribution in [1.29, 1.82) is 0 Å². The average Bonchev–Trinajstić information content (AvgIpc) is 2.38. The first-order chi connectivity index (χ1) is 8.75. The first-order valence-electron chi connectivity index (χ1n) is 6.60. The fraction of sp³-hybridized carbons (Fsp3) is 0.400. The van der Waals surface area contributed by atoms with E-state index in [1.807, 2.05) is 12.4 Å². The second-order valence-electron chi connectivity index (χ2n) is 5.20. The van der Waals surface area contributed by atoms with Gasteiger partial charge in [0.1, 0.15) is 0 Å². The van der Waals surface area contributed by atoms with Gasteiger partial charge >= 0.3 is 0 Å². The summed E-state index contributed by atoms with van der Waals surface area (Å²) < 4.78 is 0. The molecule has 2 unspecified atom stereocenters. The molecular formula is C15H19N3. The van der Waals surface area contributed by atoms with Crippen molar-refractivity contribution in [3.05, 3.63) is 36.7 Å². The van der Waals surface area contributed by atoms with Crippen LogP contribution < -0.4 is 10.6 Å². The topological polar surface area (TPSA) is 42.1 Å². The molecule has 18 heavy (non-hydrogen) atoms. The Bertz CT molecular complexity index is 547. The number of benzene rings is 1. The summed E-state index contributed by atoms with van der Waals surface area (Å²) in [5.41, 5.74) is 7.36. The summed E-state index contributed by atoms with van der Waals surface area (Å²) in [4.78, 5) is 6.67. The van der Waals surface area contributed by atoms with Crippen LogP contribution in [0.3, 0.4) is 0 Å². The maximum atomic E-state index is 6.04. The number of piperidine rings is 1. The number of nitrogens with two attached hydrogens (primary N) is 1. The first kappa shape index (κ1) is 11.5. The van der Waals surface area contributed by atoms with Gasteiger partial charge in [-0.1, -0.05) is 12.1 Å². The van der Waals surface area contributed by atoms with E-state index < -0.39 is 0 Å². The molecule has 1 aromatic carbocycles. The third kappa shape index (κ3) is 1.95. The van der Waals surface area contributed by atoms with Gasteiger partial charge in [-0.2, -0.15) is 0 Å². The van der Waals surface area contributed by atoms with Crippen molar-refractivity contribution in [3.8, 4) is 0 Å². The third-order valence-electron chi connectivity index (χ3n) is 3.88. The van der Waals surface area contributed by atoms with E-state index in [4.69, 9.17) is 5.73 Å². The predicted octanol–water partition coefficient (Wildman–Crippen LogP) is 2.55. The number of fused-ring (bicyclic) bond motifs is 1. The van der Waals surface area contributed by atoms with Crippen molar-refractivity contribution in [2.24, 2.45) is 5.73 Å². The fourth-order valence-electron chi connectivity index (χ4n) is 2.92. The van der Waals surface area contributed by atoms with E-state index in [-0.39, 0.29) is 0 Å². The SMILES string of the molecule is CC1CC(N)CCN1c1cccc2cnccc12. The lowest BCUT2D eigenvalue weighted by molar-refractivity contribution is 0.430. The maximum Gasteiger partial charge on any atom is 0.0449 e. The highest BCUT2D eigenvalue weighted by Crippen LogP contribution is 2.30. The Kier molecular flexibility index (Phi) is 2.92. The normalized spacial score (nSPS) is 24.4. The van der Waals surface area contributed by atoms with Crippen LogP contribution in [0, 0.1) is 0 Å². The summed E-state index contributed by atoms with van der Waals surface area (Å²) in [5, 5.41) is 2.49. The van der Waals surface area contributed by atoms with Crippen LogP contribution >= 0.6 is 0 Å². The molecule has 2 aromatic rings. The Morgan fingerprint density at radius 2 is 2.22 bits per heavy atom. The van der Waals surface area contributed by atoms with Crippen molar-refractivity contribution in [2.45, 2.75) is 31.8 Å². The smallest absolute Gasteiger partial charge is 0.0449 e. The monoisotopic (exact) mass is 241 g/mol. The van der Waals surface area contributed by atoms with Gasteiger partial charge in [-0.05, 0) is 31.9 Å². The van der Waals surface area contributed by atoms with Crippen LogP contribution in [0.4, 0.5) is 5.69 Å². The van der Waals surface area contributed by atoms with Gasteiger partial charge in [-0.15, -0.1) is 0 Å². The van der Waals surface area contributed by atoms with Crippen molar-refractivity contribution in [3.63, 3.8) is 0 Å². The van der Waals surface area contributed by atoms with Crippen LogP contribution in [-0.4, -0.2) is 23.6 Å². The molecule has 1 aromatic heterocycles. The predicted molar refractivity (Wildman–Crippen MR) is 75.8 cm³/mol. The van der Waals surface area contributed by atoms with Crippen LogP contribution in [0.1, 0.15) is 19.8 Å². The zero-order chi connectivity index (χ0) is 12.5. The molecule has 2 N–H and O–H groups in total. The molecule has 3 rings (SSSR count). The summed E-state index contributed by atoms with van der Waals surface area (Å²) in [7, 11) is 0. The molecule has 3 heteroatoms. The Balaban J connectivity index is 2.04. The summed E-state index contributed by atoms with van der Waals surface area (Å²) >= 11 is 0. The third-order valence-corrected chi connectivity index (χ3v) is 3.88. The van der Waals surface area contributed by atoms with Gasteiger partial charge in [-0.25, -0.2) is 0 Å². The molecule has 2 heterocycles. The Morgan fingerprint density at radius 3 is 3.06 bits per heavy atom. The minimum atomic E-state index is 0.355. The number of rotatable bonds is 1. The van der Waals surface area contributed by atoms with Crippen molar-refractivity contribution < 1.29 is 0 Å². The van der Waals surface area contributed by atoms with Gasteiger partial charge in [0.2, 0.25) is 0 Å². The quantitative estimate of drug-likeness (QED) is 0.834. The lowest BCUT2D eigenvalue weighted by Crippen LogP contribution is -2.45. The van der Waals surface area contributed by atoms with Crippen LogP contribution in [0.25, 0.3) is 10.8 Å². The minimum absolute atomic E-state index is 0.355. The number of hydrogen-bond acceptors (Lipinski definition) is 3. The summed E-state index contributed by atoms with van der Waals surface area (Å²) in [6, 6.07) is 9.40. The number of hydrogen-bond donors (Lipinski definition) is 1. The number of pyridine rings is 1. The van der Waals surface area contributed by atoms with E-state index in [9.17, 15) is 0 Å². The zero-order valence-corrected chi connectivity index (χ0v) is 10.7.